The fourth-order valence-electron chi connectivity index (χ4n) is 2.69. The molecule has 2 aromatic carbocycles. The predicted octanol–water partition coefficient (Wildman–Crippen LogP) is 2.44. The van der Waals surface area contributed by atoms with E-state index in [1.54, 1.807) is 20.3 Å². The molecule has 0 saturated heterocycles. The van der Waals surface area contributed by atoms with Gasteiger partial charge in [0.25, 0.3) is 5.56 Å². The van der Waals surface area contributed by atoms with Gasteiger partial charge in [0.05, 0.1) is 24.3 Å². The van der Waals surface area contributed by atoms with Gasteiger partial charge in [-0.15, -0.1) is 0 Å². The number of benzene rings is 2. The van der Waals surface area contributed by atoms with E-state index in [1.165, 1.54) is 15.5 Å². The molecule has 136 valence electrons. The van der Waals surface area contributed by atoms with E-state index in [1.807, 2.05) is 36.4 Å². The molecule has 0 fully saturated rings. The highest BCUT2D eigenvalue weighted by Crippen LogP contribution is 2.27. The van der Waals surface area contributed by atoms with Crippen LogP contribution in [0.3, 0.4) is 0 Å². The number of rotatable bonds is 7. The minimum atomic E-state index is -0.181. The van der Waals surface area contributed by atoms with Crippen LogP contribution in [0.1, 0.15) is 5.56 Å². The second kappa shape index (κ2) is 8.05. The number of aromatic nitrogens is 1. The fourth-order valence-corrected chi connectivity index (χ4v) is 3.68. The van der Waals surface area contributed by atoms with Crippen LogP contribution in [0.15, 0.2) is 47.3 Å². The molecule has 1 heterocycles. The second-order valence-corrected chi connectivity index (χ2v) is 6.78. The van der Waals surface area contributed by atoms with Gasteiger partial charge < -0.3 is 14.8 Å². The number of hydrogen-bond acceptors (Lipinski definition) is 5. The van der Waals surface area contributed by atoms with Gasteiger partial charge in [-0.3, -0.25) is 13.5 Å². The summed E-state index contributed by atoms with van der Waals surface area (Å²) in [4.78, 5) is 24.4. The second-order valence-electron chi connectivity index (χ2n) is 5.72. The van der Waals surface area contributed by atoms with Crippen molar-refractivity contribution < 1.29 is 14.3 Å². The number of amides is 1. The molecule has 1 amide bonds. The third-order valence-electron chi connectivity index (χ3n) is 4.02. The third-order valence-corrected chi connectivity index (χ3v) is 5.09. The molecule has 3 rings (SSSR count). The van der Waals surface area contributed by atoms with Gasteiger partial charge in [0.2, 0.25) is 5.91 Å². The number of carbonyl (C=O) groups is 1. The monoisotopic (exact) mass is 372 g/mol. The molecule has 0 unspecified atom stereocenters. The first-order chi connectivity index (χ1) is 12.6. The third kappa shape index (κ3) is 3.88. The summed E-state index contributed by atoms with van der Waals surface area (Å²) in [6.07, 6.45) is 0.660. The minimum Gasteiger partial charge on any atom is -0.493 e. The molecule has 1 N–H and O–H groups in total. The lowest BCUT2D eigenvalue weighted by Crippen LogP contribution is -2.31. The summed E-state index contributed by atoms with van der Waals surface area (Å²) < 4.78 is 12.9. The molecule has 0 bridgehead atoms. The van der Waals surface area contributed by atoms with Crippen molar-refractivity contribution >= 4 is 27.5 Å². The topological polar surface area (TPSA) is 69.6 Å². The van der Waals surface area contributed by atoms with Crippen LogP contribution in [0.4, 0.5) is 0 Å². The summed E-state index contributed by atoms with van der Waals surface area (Å²) in [6, 6.07) is 13.0. The highest BCUT2D eigenvalue weighted by Gasteiger charge is 2.10. The van der Waals surface area contributed by atoms with E-state index in [0.717, 1.165) is 10.3 Å². The van der Waals surface area contributed by atoms with Crippen molar-refractivity contribution in [2.75, 3.05) is 20.8 Å². The number of ether oxygens (including phenoxy) is 2. The van der Waals surface area contributed by atoms with Crippen LogP contribution >= 0.6 is 11.5 Å². The lowest BCUT2D eigenvalue weighted by atomic mass is 10.1. The van der Waals surface area contributed by atoms with Gasteiger partial charge in [0.15, 0.2) is 11.5 Å². The van der Waals surface area contributed by atoms with Gasteiger partial charge in [-0.1, -0.05) is 29.7 Å². The molecule has 3 aromatic rings. The van der Waals surface area contributed by atoms with E-state index in [-0.39, 0.29) is 18.0 Å². The Labute approximate surface area is 155 Å². The van der Waals surface area contributed by atoms with Crippen LogP contribution < -0.4 is 20.3 Å². The number of fused-ring (bicyclic) bond motifs is 1. The van der Waals surface area contributed by atoms with Gasteiger partial charge >= 0.3 is 0 Å². The molecule has 0 aliphatic carbocycles. The molecule has 7 heteroatoms. The Kier molecular flexibility index (Phi) is 5.58. The van der Waals surface area contributed by atoms with Crippen molar-refractivity contribution in [1.29, 1.82) is 0 Å². The first-order valence-electron chi connectivity index (χ1n) is 8.19. The molecular weight excluding hydrogens is 352 g/mol. The molecule has 6 nitrogen and oxygen atoms in total. The van der Waals surface area contributed by atoms with Crippen LogP contribution in [0.5, 0.6) is 11.5 Å². The predicted molar refractivity (Wildman–Crippen MR) is 102 cm³/mol. The van der Waals surface area contributed by atoms with Crippen LogP contribution in [-0.4, -0.2) is 30.6 Å². The number of hydrogen-bond donors (Lipinski definition) is 1. The molecule has 1 aromatic heterocycles. The summed E-state index contributed by atoms with van der Waals surface area (Å²) >= 11 is 1.30. The Balaban J connectivity index is 1.57. The summed E-state index contributed by atoms with van der Waals surface area (Å²) in [6.45, 7) is 0.512. The smallest absolute Gasteiger partial charge is 0.268 e. The summed E-state index contributed by atoms with van der Waals surface area (Å²) in [7, 11) is 3.18. The van der Waals surface area contributed by atoms with E-state index in [9.17, 15) is 9.59 Å². The Morgan fingerprint density at radius 3 is 2.62 bits per heavy atom. The van der Waals surface area contributed by atoms with E-state index < -0.39 is 0 Å². The first kappa shape index (κ1) is 18.0. The van der Waals surface area contributed by atoms with Crippen molar-refractivity contribution in [2.45, 2.75) is 13.0 Å². The van der Waals surface area contributed by atoms with Crippen molar-refractivity contribution in [3.63, 3.8) is 0 Å². The minimum absolute atomic E-state index is 0.0319. The summed E-state index contributed by atoms with van der Waals surface area (Å²) in [5.74, 6) is 1.15. The quantitative estimate of drug-likeness (QED) is 0.692. The molecular formula is C19H20N2O4S. The van der Waals surface area contributed by atoms with Crippen molar-refractivity contribution in [2.24, 2.45) is 0 Å². The van der Waals surface area contributed by atoms with Crippen molar-refractivity contribution in [3.8, 4) is 11.5 Å². The van der Waals surface area contributed by atoms with Gasteiger partial charge in [-0.05, 0) is 36.2 Å². The number of carbonyl (C=O) groups excluding carboxylic acids is 1. The largest absolute Gasteiger partial charge is 0.493 e. The molecule has 0 radical (unpaired) electrons. The van der Waals surface area contributed by atoms with Crippen LogP contribution in [0.25, 0.3) is 10.1 Å². The molecule has 0 atom stereocenters. The van der Waals surface area contributed by atoms with E-state index in [0.29, 0.717) is 29.9 Å². The average molecular weight is 372 g/mol. The number of nitrogens with zero attached hydrogens (tertiary/aromatic N) is 1. The molecule has 0 saturated carbocycles. The lowest BCUT2D eigenvalue weighted by Gasteiger charge is -2.10. The molecule has 0 spiro atoms. The van der Waals surface area contributed by atoms with Gasteiger partial charge in [0.1, 0.15) is 6.54 Å². The van der Waals surface area contributed by atoms with Crippen molar-refractivity contribution in [3.05, 3.63) is 58.4 Å². The Morgan fingerprint density at radius 1 is 1.12 bits per heavy atom. The maximum atomic E-state index is 12.3. The standard InChI is InChI=1S/C19H20N2O4S/c1-24-15-8-7-13(11-16(15)25-2)9-10-20-18(22)12-21-19(23)14-5-3-4-6-17(14)26-21/h3-8,11H,9-10,12H2,1-2H3,(H,20,22). The lowest BCUT2D eigenvalue weighted by molar-refractivity contribution is -0.121. The Bertz CT molecular complexity index is 977. The Morgan fingerprint density at radius 2 is 1.88 bits per heavy atom. The maximum absolute atomic E-state index is 12.3. The highest BCUT2D eigenvalue weighted by atomic mass is 32.1. The number of nitrogens with one attached hydrogen (secondary N) is 1. The fraction of sp³-hybridized carbons (Fsp3) is 0.263. The zero-order valence-corrected chi connectivity index (χ0v) is 15.5. The van der Waals surface area contributed by atoms with E-state index in [4.69, 9.17) is 9.47 Å². The SMILES string of the molecule is COc1ccc(CCNC(=O)Cn2sc3ccccc3c2=O)cc1OC. The molecule has 0 aliphatic rings. The zero-order valence-electron chi connectivity index (χ0n) is 14.7. The average Bonchev–Trinajstić information content (AvgIpc) is 2.97. The summed E-state index contributed by atoms with van der Waals surface area (Å²) in [5.41, 5.74) is 0.905. The van der Waals surface area contributed by atoms with Gasteiger partial charge in [-0.25, -0.2) is 0 Å². The molecule has 26 heavy (non-hydrogen) atoms. The van der Waals surface area contributed by atoms with Crippen molar-refractivity contribution in [1.82, 2.24) is 9.27 Å². The van der Waals surface area contributed by atoms with Crippen LogP contribution in [-0.2, 0) is 17.8 Å². The highest BCUT2D eigenvalue weighted by molar-refractivity contribution is 7.13. The number of methoxy groups -OCH3 is 2. The van der Waals surface area contributed by atoms with Gasteiger partial charge in [0, 0.05) is 6.54 Å². The van der Waals surface area contributed by atoms with E-state index in [2.05, 4.69) is 5.32 Å². The Hall–Kier alpha value is -2.80. The maximum Gasteiger partial charge on any atom is 0.268 e. The van der Waals surface area contributed by atoms with Crippen LogP contribution in [0.2, 0.25) is 0 Å². The van der Waals surface area contributed by atoms with Crippen LogP contribution in [0, 0.1) is 0 Å². The summed E-state index contributed by atoms with van der Waals surface area (Å²) in [5, 5.41) is 3.50. The zero-order chi connectivity index (χ0) is 18.5. The normalized spacial score (nSPS) is 10.7. The van der Waals surface area contributed by atoms with E-state index >= 15 is 0 Å². The molecule has 0 aliphatic heterocycles. The van der Waals surface area contributed by atoms with Gasteiger partial charge in [-0.2, -0.15) is 0 Å². The first-order valence-corrected chi connectivity index (χ1v) is 8.96.